The molecule has 19 heavy (non-hydrogen) atoms. The van der Waals surface area contributed by atoms with Gasteiger partial charge in [-0.25, -0.2) is 0 Å². The van der Waals surface area contributed by atoms with Crippen molar-refractivity contribution >= 4 is 5.69 Å². The second-order valence-electron chi connectivity index (χ2n) is 3.54. The minimum Gasteiger partial charge on any atom is -0.594 e. The van der Waals surface area contributed by atoms with Gasteiger partial charge in [0, 0.05) is 23.2 Å². The molecule has 9 nitrogen and oxygen atoms in total. The van der Waals surface area contributed by atoms with Crippen molar-refractivity contribution in [1.82, 2.24) is 10.2 Å². The van der Waals surface area contributed by atoms with Crippen LogP contribution in [0.15, 0.2) is 30.6 Å². The molecule has 100 valence electrons. The zero-order chi connectivity index (χ0) is 14.4. The maximum absolute atomic E-state index is 10.6. The molecule has 0 aliphatic heterocycles. The molecule has 0 atom stereocenters. The summed E-state index contributed by atoms with van der Waals surface area (Å²) in [6.07, 6.45) is 2.27. The van der Waals surface area contributed by atoms with Crippen molar-refractivity contribution in [2.24, 2.45) is 0 Å². The molecule has 0 saturated carbocycles. The first-order valence-corrected chi connectivity index (χ1v) is 5.14. The summed E-state index contributed by atoms with van der Waals surface area (Å²) in [5.74, 6) is 0. The number of aromatic nitrogens is 4. The van der Waals surface area contributed by atoms with Crippen molar-refractivity contribution in [3.63, 3.8) is 0 Å². The Balaban J connectivity index is 0.000000200. The Labute approximate surface area is 108 Å². The lowest BCUT2D eigenvalue weighted by molar-refractivity contribution is -0.676. The molecule has 0 amide bonds. The van der Waals surface area contributed by atoms with E-state index < -0.39 is 4.92 Å². The van der Waals surface area contributed by atoms with Crippen molar-refractivity contribution in [2.75, 3.05) is 0 Å². The van der Waals surface area contributed by atoms with Gasteiger partial charge in [0.15, 0.2) is 6.20 Å². The zero-order valence-electron chi connectivity index (χ0n) is 10.3. The van der Waals surface area contributed by atoms with E-state index in [1.165, 1.54) is 19.2 Å². The van der Waals surface area contributed by atoms with E-state index >= 15 is 0 Å². The lowest BCUT2D eigenvalue weighted by Gasteiger charge is -1.94. The predicted molar refractivity (Wildman–Crippen MR) is 62.5 cm³/mol. The molecule has 0 bridgehead atoms. The van der Waals surface area contributed by atoms with Gasteiger partial charge in [0.2, 0.25) is 11.9 Å². The van der Waals surface area contributed by atoms with Crippen LogP contribution in [0.4, 0.5) is 5.69 Å². The molecule has 0 spiro atoms. The fourth-order valence-electron chi connectivity index (χ4n) is 1.09. The summed E-state index contributed by atoms with van der Waals surface area (Å²) < 4.78 is 0. The second kappa shape index (κ2) is 6.19. The summed E-state index contributed by atoms with van der Waals surface area (Å²) in [4.78, 5) is 10.4. The largest absolute Gasteiger partial charge is 0.594 e. The van der Waals surface area contributed by atoms with Gasteiger partial charge in [-0.05, 0) is 13.0 Å². The topological polar surface area (TPSA) is 123 Å². The van der Waals surface area contributed by atoms with Crippen LogP contribution in [0.3, 0.4) is 0 Å². The smallest absolute Gasteiger partial charge is 0.300 e. The molecule has 9 heteroatoms. The van der Waals surface area contributed by atoms with Gasteiger partial charge in [-0.1, -0.05) is 9.69 Å². The third-order valence-electron chi connectivity index (χ3n) is 1.97. The highest BCUT2D eigenvalue weighted by molar-refractivity contribution is 5.23. The van der Waals surface area contributed by atoms with Crippen LogP contribution in [0.1, 0.15) is 11.4 Å². The van der Waals surface area contributed by atoms with Crippen LogP contribution in [0.2, 0.25) is 0 Å². The summed E-state index contributed by atoms with van der Waals surface area (Å²) in [6, 6.07) is 4.60. The van der Waals surface area contributed by atoms with Crippen molar-refractivity contribution in [3.8, 4) is 0 Å². The summed E-state index contributed by atoms with van der Waals surface area (Å²) in [7, 11) is 0. The molecule has 0 aromatic carbocycles. The molecule has 2 aromatic heterocycles. The normalized spacial score (nSPS) is 9.37. The van der Waals surface area contributed by atoms with Gasteiger partial charge >= 0.3 is 0 Å². The lowest BCUT2D eigenvalue weighted by Crippen LogP contribution is -2.34. The van der Waals surface area contributed by atoms with Gasteiger partial charge < -0.3 is 10.4 Å². The van der Waals surface area contributed by atoms with Crippen LogP contribution >= 0.6 is 0 Å². The molecule has 0 N–H and O–H groups in total. The highest BCUT2D eigenvalue weighted by Gasteiger charge is 2.10. The van der Waals surface area contributed by atoms with E-state index in [-0.39, 0.29) is 11.4 Å². The Hall–Kier alpha value is -2.84. The molecular weight excluding hydrogens is 254 g/mol. The highest BCUT2D eigenvalue weighted by Crippen LogP contribution is 2.06. The van der Waals surface area contributed by atoms with Gasteiger partial charge in [-0.3, -0.25) is 10.1 Å². The van der Waals surface area contributed by atoms with Crippen LogP contribution in [-0.4, -0.2) is 15.1 Å². The fraction of sp³-hybridized carbons (Fsp3) is 0.200. The van der Waals surface area contributed by atoms with E-state index in [1.807, 2.05) is 0 Å². The first kappa shape index (κ1) is 14.2. The van der Waals surface area contributed by atoms with E-state index in [4.69, 9.17) is 0 Å². The summed E-state index contributed by atoms with van der Waals surface area (Å²) in [5, 5.41) is 37.7. The quantitative estimate of drug-likeness (QED) is 0.308. The number of nitro groups is 1. The SMILES string of the molecule is Cc1cc([N+](=O)[O-])cn[n+]1[O-].Cc1ccc[n+]([O-])n1. The van der Waals surface area contributed by atoms with E-state index in [2.05, 4.69) is 10.2 Å². The lowest BCUT2D eigenvalue weighted by atomic mass is 10.4. The zero-order valence-corrected chi connectivity index (χ0v) is 10.3. The average Bonchev–Trinajstić information content (AvgIpc) is 2.33. The van der Waals surface area contributed by atoms with Gasteiger partial charge in [0.25, 0.3) is 5.69 Å². The standard InChI is InChI=1S/C5H5N3O3.C5H6N2O/c1-4-2-5(8(10)11)3-6-7(4)9;1-5-3-2-4-7(8)6-5/h2-3H,1H3;2-4H,1H3. The van der Waals surface area contributed by atoms with Crippen LogP contribution in [-0.2, 0) is 0 Å². The second-order valence-corrected chi connectivity index (χ2v) is 3.54. The summed E-state index contributed by atoms with van der Waals surface area (Å²) in [6.45, 7) is 3.22. The van der Waals surface area contributed by atoms with E-state index in [9.17, 15) is 20.5 Å². The first-order chi connectivity index (χ1) is 8.90. The minimum absolute atomic E-state index is 0.172. The van der Waals surface area contributed by atoms with Crippen LogP contribution in [0.5, 0.6) is 0 Å². The predicted octanol–water partition coefficient (Wildman–Crippen LogP) is -0.0450. The van der Waals surface area contributed by atoms with Gasteiger partial charge in [0.1, 0.15) is 5.69 Å². The van der Waals surface area contributed by atoms with E-state index in [0.29, 0.717) is 9.69 Å². The molecule has 0 aliphatic rings. The Bertz CT molecular complexity index is 573. The monoisotopic (exact) mass is 265 g/mol. The number of rotatable bonds is 1. The molecule has 2 rings (SSSR count). The third-order valence-corrected chi connectivity index (χ3v) is 1.97. The number of hydrogen-bond acceptors (Lipinski definition) is 6. The number of hydrogen-bond donors (Lipinski definition) is 0. The molecule has 0 aliphatic carbocycles. The van der Waals surface area contributed by atoms with Crippen LogP contribution in [0, 0.1) is 34.4 Å². The molecule has 0 fully saturated rings. The number of aryl methyl sites for hydroxylation is 2. The van der Waals surface area contributed by atoms with Crippen LogP contribution < -0.4 is 9.69 Å². The van der Waals surface area contributed by atoms with Gasteiger partial charge in [0.05, 0.1) is 11.0 Å². The maximum atomic E-state index is 10.6. The van der Waals surface area contributed by atoms with Gasteiger partial charge in [-0.2, -0.15) is 0 Å². The minimum atomic E-state index is -0.597. The highest BCUT2D eigenvalue weighted by atomic mass is 16.6. The van der Waals surface area contributed by atoms with Crippen molar-refractivity contribution < 1.29 is 14.6 Å². The summed E-state index contributed by atoms with van der Waals surface area (Å²) >= 11 is 0. The first-order valence-electron chi connectivity index (χ1n) is 5.14. The van der Waals surface area contributed by atoms with E-state index in [1.54, 1.807) is 19.1 Å². The van der Waals surface area contributed by atoms with Crippen LogP contribution in [0.25, 0.3) is 0 Å². The molecule has 0 unspecified atom stereocenters. The Morgan fingerprint density at radius 3 is 2.42 bits per heavy atom. The molecule has 0 saturated heterocycles. The molecule has 0 radical (unpaired) electrons. The Morgan fingerprint density at radius 1 is 1.32 bits per heavy atom. The van der Waals surface area contributed by atoms with Crippen molar-refractivity contribution in [3.05, 3.63) is 62.5 Å². The fourth-order valence-corrected chi connectivity index (χ4v) is 1.09. The van der Waals surface area contributed by atoms with E-state index in [0.717, 1.165) is 11.9 Å². The third kappa shape index (κ3) is 4.50. The maximum Gasteiger partial charge on any atom is 0.300 e. The number of nitrogens with zero attached hydrogens (tertiary/aromatic N) is 5. The Morgan fingerprint density at radius 2 is 2.00 bits per heavy atom. The Kier molecular flexibility index (Phi) is 4.63. The molecule has 2 aromatic rings. The van der Waals surface area contributed by atoms with Gasteiger partial charge in [-0.15, -0.1) is 0 Å². The summed E-state index contributed by atoms with van der Waals surface area (Å²) in [5.41, 5.74) is 0.774. The van der Waals surface area contributed by atoms with Crippen molar-refractivity contribution in [1.29, 1.82) is 0 Å². The average molecular weight is 265 g/mol. The van der Waals surface area contributed by atoms with Crippen molar-refractivity contribution in [2.45, 2.75) is 13.8 Å². The molecular formula is C10H11N5O4. The molecule has 2 heterocycles.